The van der Waals surface area contributed by atoms with Crippen molar-refractivity contribution in [1.29, 1.82) is 0 Å². The Morgan fingerprint density at radius 2 is 1.67 bits per heavy atom. The number of nitrogens with one attached hydrogen (secondary N) is 1. The predicted octanol–water partition coefficient (Wildman–Crippen LogP) is 3.44. The van der Waals surface area contributed by atoms with Gasteiger partial charge in [-0.2, -0.15) is 5.10 Å². The Kier molecular flexibility index (Phi) is 5.36. The summed E-state index contributed by atoms with van der Waals surface area (Å²) >= 11 is 0. The van der Waals surface area contributed by atoms with Gasteiger partial charge in [0.25, 0.3) is 0 Å². The van der Waals surface area contributed by atoms with Crippen LogP contribution in [0.1, 0.15) is 27.7 Å². The van der Waals surface area contributed by atoms with Crippen LogP contribution >= 0.6 is 0 Å². The van der Waals surface area contributed by atoms with Gasteiger partial charge >= 0.3 is 6.09 Å². The molecule has 0 saturated heterocycles. The number of para-hydroxylation sites is 1. The highest BCUT2D eigenvalue weighted by Crippen LogP contribution is 2.09. The Hall–Kier alpha value is -1.84. The number of benzene rings is 1. The van der Waals surface area contributed by atoms with Crippen LogP contribution in [0.3, 0.4) is 0 Å². The van der Waals surface area contributed by atoms with Crippen molar-refractivity contribution in [3.8, 4) is 5.75 Å². The average molecular weight is 248 g/mol. The third kappa shape index (κ3) is 4.57. The first-order valence-electron chi connectivity index (χ1n) is 6.11. The molecule has 0 radical (unpaired) electrons. The number of hydrogen-bond acceptors (Lipinski definition) is 3. The maximum absolute atomic E-state index is 11.5. The summed E-state index contributed by atoms with van der Waals surface area (Å²) in [5, 5.41) is 4.11. The number of rotatable bonds is 4. The van der Waals surface area contributed by atoms with Crippen LogP contribution in [0.15, 0.2) is 35.4 Å². The monoisotopic (exact) mass is 248 g/mol. The molecule has 18 heavy (non-hydrogen) atoms. The molecule has 0 atom stereocenters. The van der Waals surface area contributed by atoms with Gasteiger partial charge in [0.15, 0.2) is 0 Å². The lowest BCUT2D eigenvalue weighted by atomic mass is 9.98. The summed E-state index contributed by atoms with van der Waals surface area (Å²) in [6.45, 7) is 8.18. The van der Waals surface area contributed by atoms with Gasteiger partial charge in [0.1, 0.15) is 5.75 Å². The van der Waals surface area contributed by atoms with Gasteiger partial charge in [0.2, 0.25) is 0 Å². The van der Waals surface area contributed by atoms with Crippen LogP contribution in [-0.4, -0.2) is 11.8 Å². The first kappa shape index (κ1) is 14.2. The van der Waals surface area contributed by atoms with Gasteiger partial charge in [0.05, 0.1) is 0 Å². The van der Waals surface area contributed by atoms with Gasteiger partial charge in [-0.15, -0.1) is 0 Å². The van der Waals surface area contributed by atoms with E-state index in [4.69, 9.17) is 4.74 Å². The van der Waals surface area contributed by atoms with Gasteiger partial charge in [-0.3, -0.25) is 0 Å². The Morgan fingerprint density at radius 1 is 1.11 bits per heavy atom. The molecule has 0 heterocycles. The number of carbonyl (C=O) groups excluding carboxylic acids is 1. The second-order valence-corrected chi connectivity index (χ2v) is 4.66. The molecule has 0 aliphatic rings. The van der Waals surface area contributed by atoms with Crippen LogP contribution in [0.5, 0.6) is 5.75 Å². The lowest BCUT2D eigenvalue weighted by Gasteiger charge is -2.13. The Balaban J connectivity index is 2.57. The smallest absolute Gasteiger partial charge is 0.409 e. The van der Waals surface area contributed by atoms with E-state index in [2.05, 4.69) is 10.5 Å². The molecule has 0 unspecified atom stereocenters. The third-order valence-corrected chi connectivity index (χ3v) is 2.41. The molecule has 98 valence electrons. The highest BCUT2D eigenvalue weighted by atomic mass is 16.6. The number of ether oxygens (including phenoxy) is 1. The molecule has 0 fully saturated rings. The Labute approximate surface area is 108 Å². The molecule has 4 heteroatoms. The van der Waals surface area contributed by atoms with Crippen molar-refractivity contribution in [3.05, 3.63) is 30.3 Å². The molecular formula is C14H20N2O2. The molecular weight excluding hydrogens is 228 g/mol. The lowest BCUT2D eigenvalue weighted by molar-refractivity contribution is 0.201. The summed E-state index contributed by atoms with van der Waals surface area (Å²) in [6.07, 6.45) is -0.569. The largest absolute Gasteiger partial charge is 0.433 e. The summed E-state index contributed by atoms with van der Waals surface area (Å²) in [6, 6.07) is 8.90. The number of carbonyl (C=O) groups is 1. The van der Waals surface area contributed by atoms with Gasteiger partial charge in [0, 0.05) is 5.71 Å². The first-order chi connectivity index (χ1) is 8.50. The van der Waals surface area contributed by atoms with Crippen LogP contribution in [0, 0.1) is 11.8 Å². The zero-order chi connectivity index (χ0) is 13.5. The van der Waals surface area contributed by atoms with Crippen molar-refractivity contribution in [3.63, 3.8) is 0 Å². The summed E-state index contributed by atoms with van der Waals surface area (Å²) < 4.78 is 5.07. The minimum atomic E-state index is -0.569. The van der Waals surface area contributed by atoms with E-state index in [1.807, 2.05) is 33.8 Å². The highest BCUT2D eigenvalue weighted by Gasteiger charge is 2.11. The van der Waals surface area contributed by atoms with E-state index in [1.165, 1.54) is 0 Å². The molecule has 0 spiro atoms. The SMILES string of the molecule is CC(C)C(=NNC(=O)Oc1ccccc1)C(C)C. The van der Waals surface area contributed by atoms with E-state index < -0.39 is 6.09 Å². The normalized spacial score (nSPS) is 10.3. The van der Waals surface area contributed by atoms with Crippen LogP contribution in [-0.2, 0) is 0 Å². The Bertz CT molecular complexity index is 401. The van der Waals surface area contributed by atoms with E-state index in [0.29, 0.717) is 17.6 Å². The van der Waals surface area contributed by atoms with Crippen LogP contribution in [0.4, 0.5) is 4.79 Å². The summed E-state index contributed by atoms with van der Waals surface area (Å²) in [5.74, 6) is 1.09. The molecule has 0 saturated carbocycles. The van der Waals surface area contributed by atoms with Gasteiger partial charge in [-0.25, -0.2) is 10.2 Å². The fourth-order valence-corrected chi connectivity index (χ4v) is 1.65. The molecule has 1 aromatic carbocycles. The quantitative estimate of drug-likeness (QED) is 0.655. The zero-order valence-electron chi connectivity index (χ0n) is 11.3. The minimum absolute atomic E-state index is 0.294. The van der Waals surface area contributed by atoms with E-state index >= 15 is 0 Å². The van der Waals surface area contributed by atoms with Gasteiger partial charge in [-0.1, -0.05) is 45.9 Å². The highest BCUT2D eigenvalue weighted by molar-refractivity contribution is 5.88. The van der Waals surface area contributed by atoms with Crippen molar-refractivity contribution >= 4 is 11.8 Å². The number of hydrogen-bond donors (Lipinski definition) is 1. The van der Waals surface area contributed by atoms with Crippen LogP contribution in [0.2, 0.25) is 0 Å². The number of amides is 1. The van der Waals surface area contributed by atoms with Crippen molar-refractivity contribution in [2.75, 3.05) is 0 Å². The molecule has 1 rings (SSSR count). The van der Waals surface area contributed by atoms with Crippen LogP contribution < -0.4 is 10.2 Å². The molecule has 0 aromatic heterocycles. The molecule has 4 nitrogen and oxygen atoms in total. The lowest BCUT2D eigenvalue weighted by Crippen LogP contribution is -2.26. The number of nitrogens with zero attached hydrogens (tertiary/aromatic N) is 1. The fraction of sp³-hybridized carbons (Fsp3) is 0.429. The Morgan fingerprint density at radius 3 is 2.17 bits per heavy atom. The zero-order valence-corrected chi connectivity index (χ0v) is 11.3. The average Bonchev–Trinajstić information content (AvgIpc) is 2.29. The number of hydrazone groups is 1. The molecule has 1 N–H and O–H groups in total. The first-order valence-corrected chi connectivity index (χ1v) is 6.11. The summed E-state index contributed by atoms with van der Waals surface area (Å²) in [7, 11) is 0. The maximum Gasteiger partial charge on any atom is 0.433 e. The second-order valence-electron chi connectivity index (χ2n) is 4.66. The molecule has 0 aliphatic heterocycles. The van der Waals surface area contributed by atoms with Crippen molar-refractivity contribution < 1.29 is 9.53 Å². The molecule has 0 bridgehead atoms. The molecule has 1 aromatic rings. The van der Waals surface area contributed by atoms with E-state index in [1.54, 1.807) is 24.3 Å². The van der Waals surface area contributed by atoms with Gasteiger partial charge < -0.3 is 4.74 Å². The maximum atomic E-state index is 11.5. The molecule has 1 amide bonds. The van der Waals surface area contributed by atoms with E-state index in [-0.39, 0.29) is 0 Å². The molecule has 0 aliphatic carbocycles. The van der Waals surface area contributed by atoms with Gasteiger partial charge in [-0.05, 0) is 24.0 Å². The minimum Gasteiger partial charge on any atom is -0.409 e. The van der Waals surface area contributed by atoms with Crippen molar-refractivity contribution in [2.45, 2.75) is 27.7 Å². The standard InChI is InChI=1S/C14H20N2O2/c1-10(2)13(11(3)4)15-16-14(17)18-12-8-6-5-7-9-12/h5-11H,1-4H3,(H,16,17). The third-order valence-electron chi connectivity index (χ3n) is 2.41. The summed E-state index contributed by atoms with van der Waals surface area (Å²) in [5.41, 5.74) is 3.37. The van der Waals surface area contributed by atoms with Crippen molar-refractivity contribution in [1.82, 2.24) is 5.43 Å². The van der Waals surface area contributed by atoms with Crippen molar-refractivity contribution in [2.24, 2.45) is 16.9 Å². The summed E-state index contributed by atoms with van der Waals surface area (Å²) in [4.78, 5) is 11.5. The fourth-order valence-electron chi connectivity index (χ4n) is 1.65. The second kappa shape index (κ2) is 6.79. The van der Waals surface area contributed by atoms with E-state index in [0.717, 1.165) is 5.71 Å². The van der Waals surface area contributed by atoms with Crippen LogP contribution in [0.25, 0.3) is 0 Å². The topological polar surface area (TPSA) is 50.7 Å². The van der Waals surface area contributed by atoms with E-state index in [9.17, 15) is 4.79 Å². The predicted molar refractivity (Wildman–Crippen MR) is 72.7 cm³/mol.